The highest BCUT2D eigenvalue weighted by Gasteiger charge is 2.51. The van der Waals surface area contributed by atoms with Gasteiger partial charge in [-0.2, -0.15) is 0 Å². The van der Waals surface area contributed by atoms with Gasteiger partial charge in [0.2, 0.25) is 0 Å². The van der Waals surface area contributed by atoms with Gasteiger partial charge in [0.05, 0.1) is 117 Å². The number of amides is 2. The molecule has 1 saturated heterocycles. The maximum Gasteiger partial charge on any atom is 0.494 e. The fourth-order valence-corrected chi connectivity index (χ4v) is 5.83. The van der Waals surface area contributed by atoms with Crippen LogP contribution in [0.1, 0.15) is 79.1 Å². The second-order valence-corrected chi connectivity index (χ2v) is 15.6. The normalized spacial score (nSPS) is 15.7. The van der Waals surface area contributed by atoms with Crippen LogP contribution in [0.4, 0.5) is 0 Å². The standard InChI is InChI=1S/C44H70BNO15/c1-43(2)44(3,4)61-45(60-43)37-11-13-40(14-12-37)59-21-7-5-6-9-39(48)18-22-52-24-26-54-28-30-56-32-34-58-36-35-57-33-31-55-29-27-53-25-23-51-20-8-10-38(47)17-19-46-41(49)15-16-42(46)50/h11-16H,5-10,17-36H2,1-4H3. The summed E-state index contributed by atoms with van der Waals surface area (Å²) in [4.78, 5) is 48.2. The van der Waals surface area contributed by atoms with Crippen LogP contribution in [-0.2, 0) is 66.4 Å². The van der Waals surface area contributed by atoms with Crippen molar-refractivity contribution in [3.63, 3.8) is 0 Å². The summed E-state index contributed by atoms with van der Waals surface area (Å²) in [6.45, 7) is 16.0. The molecule has 0 aliphatic carbocycles. The lowest BCUT2D eigenvalue weighted by molar-refractivity contribution is -0.137. The van der Waals surface area contributed by atoms with Crippen molar-refractivity contribution in [2.75, 3.05) is 119 Å². The maximum atomic E-state index is 12.2. The number of carbonyl (C=O) groups is 4. The Kier molecular flexibility index (Phi) is 26.4. The first-order chi connectivity index (χ1) is 29.5. The average molecular weight is 864 g/mol. The monoisotopic (exact) mass is 863 g/mol. The topological polar surface area (TPSA) is 173 Å². The number of carbonyl (C=O) groups excluding carboxylic acids is 4. The van der Waals surface area contributed by atoms with E-state index in [1.165, 1.54) is 12.2 Å². The second kappa shape index (κ2) is 30.9. The Morgan fingerprint density at radius 2 is 0.902 bits per heavy atom. The molecule has 2 aliphatic rings. The molecule has 0 N–H and O–H groups in total. The second-order valence-electron chi connectivity index (χ2n) is 15.6. The van der Waals surface area contributed by atoms with Crippen molar-refractivity contribution in [1.29, 1.82) is 0 Å². The smallest absolute Gasteiger partial charge is 0.494 e. The van der Waals surface area contributed by atoms with Crippen LogP contribution in [0.2, 0.25) is 0 Å². The third kappa shape index (κ3) is 22.7. The number of hydrogen-bond acceptors (Lipinski definition) is 15. The number of unbranched alkanes of at least 4 members (excludes halogenated alkanes) is 2. The van der Waals surface area contributed by atoms with E-state index in [0.29, 0.717) is 138 Å². The Balaban J connectivity index is 0.944. The lowest BCUT2D eigenvalue weighted by Crippen LogP contribution is -2.41. The molecule has 1 aromatic rings. The van der Waals surface area contributed by atoms with Gasteiger partial charge in [-0.05, 0) is 71.0 Å². The number of ketones is 2. The number of hydrogen-bond donors (Lipinski definition) is 0. The number of imide groups is 1. The van der Waals surface area contributed by atoms with Gasteiger partial charge in [-0.25, -0.2) is 0 Å². The average Bonchev–Trinajstić information content (AvgIpc) is 3.67. The number of Topliss-reactive ketones (excluding diaryl/α,β-unsaturated/α-hetero) is 2. The SMILES string of the molecule is CC1(C)OB(c2ccc(OCCCCCC(=O)CCOCCOCCOCCOCCOCCOCCOCCOCCCC(=O)CCN3C(=O)C=CC3=O)cc2)OC1(C)C. The lowest BCUT2D eigenvalue weighted by atomic mass is 9.79. The quantitative estimate of drug-likeness (QED) is 0.0533. The van der Waals surface area contributed by atoms with E-state index < -0.39 is 0 Å². The van der Waals surface area contributed by atoms with Gasteiger partial charge in [-0.1, -0.05) is 12.1 Å². The number of rotatable bonds is 39. The zero-order chi connectivity index (χ0) is 44.0. The molecule has 0 bridgehead atoms. The minimum Gasteiger partial charge on any atom is -0.494 e. The highest BCUT2D eigenvalue weighted by Crippen LogP contribution is 2.36. The van der Waals surface area contributed by atoms with Crippen molar-refractivity contribution in [2.24, 2.45) is 0 Å². The van der Waals surface area contributed by atoms with E-state index >= 15 is 0 Å². The van der Waals surface area contributed by atoms with Crippen molar-refractivity contribution in [3.05, 3.63) is 36.4 Å². The predicted octanol–water partition coefficient (Wildman–Crippen LogP) is 3.68. The maximum absolute atomic E-state index is 12.2. The molecule has 0 saturated carbocycles. The van der Waals surface area contributed by atoms with Crippen LogP contribution >= 0.6 is 0 Å². The van der Waals surface area contributed by atoms with Crippen molar-refractivity contribution < 1.29 is 71.1 Å². The van der Waals surface area contributed by atoms with Gasteiger partial charge in [0.25, 0.3) is 11.8 Å². The zero-order valence-corrected chi connectivity index (χ0v) is 37.0. The summed E-state index contributed by atoms with van der Waals surface area (Å²) in [5.41, 5.74) is 0.229. The minimum atomic E-state index is -0.385. The highest BCUT2D eigenvalue weighted by molar-refractivity contribution is 6.62. The molecule has 344 valence electrons. The molecule has 1 aromatic carbocycles. The van der Waals surface area contributed by atoms with E-state index in [4.69, 9.17) is 51.9 Å². The molecule has 0 atom stereocenters. The summed E-state index contributed by atoms with van der Waals surface area (Å²) >= 11 is 0. The lowest BCUT2D eigenvalue weighted by Gasteiger charge is -2.32. The van der Waals surface area contributed by atoms with E-state index in [9.17, 15) is 19.2 Å². The summed E-state index contributed by atoms with van der Waals surface area (Å²) in [6, 6.07) is 7.85. The van der Waals surface area contributed by atoms with E-state index in [-0.39, 0.29) is 54.7 Å². The van der Waals surface area contributed by atoms with Gasteiger partial charge < -0.3 is 51.9 Å². The summed E-state index contributed by atoms with van der Waals surface area (Å²) in [5, 5.41) is 0. The number of nitrogens with zero attached hydrogens (tertiary/aromatic N) is 1. The van der Waals surface area contributed by atoms with E-state index in [1.807, 2.05) is 52.0 Å². The van der Waals surface area contributed by atoms with Crippen LogP contribution in [-0.4, -0.2) is 165 Å². The zero-order valence-electron chi connectivity index (χ0n) is 37.0. The van der Waals surface area contributed by atoms with Gasteiger partial charge in [-0.15, -0.1) is 0 Å². The molecule has 0 radical (unpaired) electrons. The Morgan fingerprint density at radius 3 is 1.38 bits per heavy atom. The van der Waals surface area contributed by atoms with Crippen molar-refractivity contribution in [3.8, 4) is 5.75 Å². The van der Waals surface area contributed by atoms with Crippen molar-refractivity contribution in [2.45, 2.75) is 90.3 Å². The Bertz CT molecular complexity index is 1390. The molecule has 2 aliphatic heterocycles. The Labute approximate surface area is 362 Å². The molecule has 2 heterocycles. The highest BCUT2D eigenvalue weighted by atomic mass is 16.7. The third-order valence-corrected chi connectivity index (χ3v) is 10.2. The largest absolute Gasteiger partial charge is 0.494 e. The van der Waals surface area contributed by atoms with Crippen LogP contribution in [0.5, 0.6) is 5.75 Å². The van der Waals surface area contributed by atoms with Crippen LogP contribution in [0.3, 0.4) is 0 Å². The van der Waals surface area contributed by atoms with Gasteiger partial charge >= 0.3 is 7.12 Å². The first-order valence-corrected chi connectivity index (χ1v) is 21.8. The molecule has 0 unspecified atom stereocenters. The van der Waals surface area contributed by atoms with Crippen LogP contribution < -0.4 is 10.2 Å². The van der Waals surface area contributed by atoms with Crippen LogP contribution in [0.15, 0.2) is 36.4 Å². The third-order valence-electron chi connectivity index (χ3n) is 10.2. The van der Waals surface area contributed by atoms with Gasteiger partial charge in [0.15, 0.2) is 0 Å². The molecule has 17 heteroatoms. The molecule has 0 aromatic heterocycles. The molecular formula is C44H70BNO15. The molecule has 61 heavy (non-hydrogen) atoms. The number of benzene rings is 1. The van der Waals surface area contributed by atoms with Crippen LogP contribution in [0.25, 0.3) is 0 Å². The fraction of sp³-hybridized carbons (Fsp3) is 0.727. The van der Waals surface area contributed by atoms with Crippen LogP contribution in [0, 0.1) is 0 Å². The van der Waals surface area contributed by atoms with E-state index in [2.05, 4.69) is 0 Å². The molecule has 0 spiro atoms. The molecular weight excluding hydrogens is 793 g/mol. The molecule has 16 nitrogen and oxygen atoms in total. The van der Waals surface area contributed by atoms with E-state index in [0.717, 1.165) is 35.4 Å². The summed E-state index contributed by atoms with van der Waals surface area (Å²) in [5.74, 6) is 0.266. The first kappa shape index (κ1) is 52.3. The molecule has 2 amide bonds. The Morgan fingerprint density at radius 1 is 0.492 bits per heavy atom. The van der Waals surface area contributed by atoms with Crippen molar-refractivity contribution >= 4 is 36.0 Å². The first-order valence-electron chi connectivity index (χ1n) is 21.8. The van der Waals surface area contributed by atoms with E-state index in [1.54, 1.807) is 0 Å². The summed E-state index contributed by atoms with van der Waals surface area (Å²) < 4.78 is 62.1. The summed E-state index contributed by atoms with van der Waals surface area (Å²) in [6.07, 6.45) is 7.12. The van der Waals surface area contributed by atoms with Gasteiger partial charge in [-0.3, -0.25) is 24.1 Å². The van der Waals surface area contributed by atoms with Gasteiger partial charge in [0, 0.05) is 51.0 Å². The molecule has 3 rings (SSSR count). The summed E-state index contributed by atoms with van der Waals surface area (Å²) in [7, 11) is -0.385. The Hall–Kier alpha value is -3.10. The predicted molar refractivity (Wildman–Crippen MR) is 227 cm³/mol. The van der Waals surface area contributed by atoms with Gasteiger partial charge in [0.1, 0.15) is 17.3 Å². The number of ether oxygens (including phenoxy) is 9. The fourth-order valence-electron chi connectivity index (χ4n) is 5.83. The minimum absolute atomic E-state index is 0.00690. The molecule has 1 fully saturated rings. The van der Waals surface area contributed by atoms with Crippen molar-refractivity contribution in [1.82, 2.24) is 4.90 Å².